The summed E-state index contributed by atoms with van der Waals surface area (Å²) in [5.74, 6) is -0.424. The molecule has 0 spiro atoms. The molecule has 1 amide bonds. The maximum Gasteiger partial charge on any atom is 0.253 e. The van der Waals surface area contributed by atoms with E-state index >= 15 is 0 Å². The molecule has 0 aliphatic carbocycles. The van der Waals surface area contributed by atoms with Gasteiger partial charge < -0.3 is 9.64 Å². The number of benzene rings is 1. The van der Waals surface area contributed by atoms with E-state index < -0.39 is 0 Å². The van der Waals surface area contributed by atoms with Gasteiger partial charge in [0.15, 0.2) is 0 Å². The quantitative estimate of drug-likeness (QED) is 0.806. The summed E-state index contributed by atoms with van der Waals surface area (Å²) in [5, 5.41) is 0. The van der Waals surface area contributed by atoms with Crippen molar-refractivity contribution >= 4 is 5.91 Å². The number of halogens is 1. The molecule has 0 saturated heterocycles. The molecule has 3 nitrogen and oxygen atoms in total. The van der Waals surface area contributed by atoms with Crippen molar-refractivity contribution in [2.24, 2.45) is 0 Å². The molecule has 1 unspecified atom stereocenters. The summed E-state index contributed by atoms with van der Waals surface area (Å²) in [6.07, 6.45) is 0. The predicted octanol–water partition coefficient (Wildman–Crippen LogP) is 2.24. The summed E-state index contributed by atoms with van der Waals surface area (Å²) >= 11 is 0. The van der Waals surface area contributed by atoms with Crippen molar-refractivity contribution in [3.8, 4) is 0 Å². The molecule has 1 aromatic rings. The molecule has 0 fully saturated rings. The zero-order chi connectivity index (χ0) is 13.0. The highest BCUT2D eigenvalue weighted by molar-refractivity contribution is 5.94. The Balaban J connectivity index is 2.85. The summed E-state index contributed by atoms with van der Waals surface area (Å²) in [6.45, 7) is 4.02. The number of nitrogens with zero attached hydrogens (tertiary/aromatic N) is 1. The number of hydrogen-bond acceptors (Lipinski definition) is 2. The Hall–Kier alpha value is -1.42. The first-order chi connectivity index (χ1) is 7.97. The second-order valence-corrected chi connectivity index (χ2v) is 4.18. The van der Waals surface area contributed by atoms with Crippen molar-refractivity contribution in [3.05, 3.63) is 35.1 Å². The lowest BCUT2D eigenvalue weighted by Crippen LogP contribution is -2.37. The highest BCUT2D eigenvalue weighted by Crippen LogP contribution is 2.12. The van der Waals surface area contributed by atoms with Crippen LogP contribution in [-0.4, -0.2) is 37.6 Å². The van der Waals surface area contributed by atoms with Gasteiger partial charge in [0.1, 0.15) is 5.82 Å². The van der Waals surface area contributed by atoms with Crippen LogP contribution in [0.4, 0.5) is 4.39 Å². The third kappa shape index (κ3) is 3.27. The Morgan fingerprint density at radius 3 is 2.71 bits per heavy atom. The van der Waals surface area contributed by atoms with Crippen molar-refractivity contribution < 1.29 is 13.9 Å². The lowest BCUT2D eigenvalue weighted by Gasteiger charge is -2.24. The number of ether oxygens (including phenoxy) is 1. The van der Waals surface area contributed by atoms with Crippen LogP contribution in [0.2, 0.25) is 0 Å². The summed E-state index contributed by atoms with van der Waals surface area (Å²) in [6, 6.07) is 4.36. The van der Waals surface area contributed by atoms with E-state index in [0.29, 0.717) is 17.7 Å². The molecule has 0 aliphatic heterocycles. The van der Waals surface area contributed by atoms with E-state index in [1.807, 2.05) is 6.92 Å². The average Bonchev–Trinajstić information content (AvgIpc) is 2.31. The lowest BCUT2D eigenvalue weighted by molar-refractivity contribution is 0.0633. The van der Waals surface area contributed by atoms with E-state index in [1.54, 1.807) is 32.0 Å². The lowest BCUT2D eigenvalue weighted by atomic mass is 10.1. The van der Waals surface area contributed by atoms with Crippen LogP contribution in [0, 0.1) is 12.7 Å². The third-order valence-electron chi connectivity index (χ3n) is 2.79. The molecule has 4 heteroatoms. The maximum atomic E-state index is 13.1. The van der Waals surface area contributed by atoms with Crippen molar-refractivity contribution in [1.82, 2.24) is 4.90 Å². The van der Waals surface area contributed by atoms with Crippen molar-refractivity contribution in [1.29, 1.82) is 0 Å². The molecule has 1 aromatic carbocycles. The van der Waals surface area contributed by atoms with Crippen molar-refractivity contribution in [3.63, 3.8) is 0 Å². The Labute approximate surface area is 101 Å². The molecular weight excluding hydrogens is 221 g/mol. The van der Waals surface area contributed by atoms with E-state index in [0.717, 1.165) is 0 Å². The van der Waals surface area contributed by atoms with Gasteiger partial charge in [-0.3, -0.25) is 4.79 Å². The van der Waals surface area contributed by atoms with Crippen molar-refractivity contribution in [2.45, 2.75) is 19.9 Å². The number of amides is 1. The monoisotopic (exact) mass is 239 g/mol. The molecule has 0 aromatic heterocycles. The number of rotatable bonds is 4. The van der Waals surface area contributed by atoms with Crippen LogP contribution in [0.5, 0.6) is 0 Å². The number of aryl methyl sites for hydroxylation is 1. The average molecular weight is 239 g/mol. The van der Waals surface area contributed by atoms with Gasteiger partial charge in [-0.05, 0) is 37.6 Å². The minimum Gasteiger partial charge on any atom is -0.383 e. The summed E-state index contributed by atoms with van der Waals surface area (Å²) in [7, 11) is 3.31. The SMILES string of the molecule is COCC(C)N(C)C(=O)c1ccc(F)c(C)c1. The number of carbonyl (C=O) groups excluding carboxylic acids is 1. The van der Waals surface area contributed by atoms with Crippen LogP contribution in [0.1, 0.15) is 22.8 Å². The van der Waals surface area contributed by atoms with E-state index in [1.165, 1.54) is 12.1 Å². The summed E-state index contributed by atoms with van der Waals surface area (Å²) in [4.78, 5) is 13.7. The fraction of sp³-hybridized carbons (Fsp3) is 0.462. The van der Waals surface area contributed by atoms with Gasteiger partial charge in [-0.25, -0.2) is 4.39 Å². The molecule has 0 bridgehead atoms. The molecule has 0 aliphatic rings. The normalized spacial score (nSPS) is 12.3. The molecule has 0 N–H and O–H groups in total. The predicted molar refractivity (Wildman–Crippen MR) is 64.6 cm³/mol. The van der Waals surface area contributed by atoms with Gasteiger partial charge >= 0.3 is 0 Å². The van der Waals surface area contributed by atoms with Gasteiger partial charge in [0.05, 0.1) is 12.6 Å². The molecule has 94 valence electrons. The number of likely N-dealkylation sites (N-methyl/N-ethyl adjacent to an activating group) is 1. The first-order valence-corrected chi connectivity index (χ1v) is 5.49. The number of hydrogen-bond donors (Lipinski definition) is 0. The van der Waals surface area contributed by atoms with E-state index in [4.69, 9.17) is 4.74 Å². The fourth-order valence-corrected chi connectivity index (χ4v) is 1.53. The molecule has 0 heterocycles. The standard InChI is InChI=1S/C13H18FNO2/c1-9-7-11(5-6-12(9)14)13(16)15(3)10(2)8-17-4/h5-7,10H,8H2,1-4H3. The van der Waals surface area contributed by atoms with Crippen molar-refractivity contribution in [2.75, 3.05) is 20.8 Å². The summed E-state index contributed by atoms with van der Waals surface area (Å²) < 4.78 is 18.1. The van der Waals surface area contributed by atoms with Crippen LogP contribution in [-0.2, 0) is 4.74 Å². The number of carbonyl (C=O) groups is 1. The highest BCUT2D eigenvalue weighted by atomic mass is 19.1. The van der Waals surface area contributed by atoms with Crippen LogP contribution in [0.25, 0.3) is 0 Å². The highest BCUT2D eigenvalue weighted by Gasteiger charge is 2.17. The van der Waals surface area contributed by atoms with Gasteiger partial charge in [0, 0.05) is 19.7 Å². The fourth-order valence-electron chi connectivity index (χ4n) is 1.53. The van der Waals surface area contributed by atoms with Gasteiger partial charge in [0.2, 0.25) is 0 Å². The van der Waals surface area contributed by atoms with Crippen LogP contribution < -0.4 is 0 Å². The molecule has 0 radical (unpaired) electrons. The smallest absolute Gasteiger partial charge is 0.253 e. The maximum absolute atomic E-state index is 13.1. The van der Waals surface area contributed by atoms with E-state index in [-0.39, 0.29) is 17.8 Å². The molecule has 1 rings (SSSR count). The molecule has 0 saturated carbocycles. The summed E-state index contributed by atoms with van der Waals surface area (Å²) in [5.41, 5.74) is 0.970. The Morgan fingerprint density at radius 2 is 2.18 bits per heavy atom. The van der Waals surface area contributed by atoms with Gasteiger partial charge in [-0.2, -0.15) is 0 Å². The third-order valence-corrected chi connectivity index (χ3v) is 2.79. The van der Waals surface area contributed by atoms with E-state index in [9.17, 15) is 9.18 Å². The van der Waals surface area contributed by atoms with Gasteiger partial charge in [-0.1, -0.05) is 0 Å². The Bertz CT molecular complexity index is 406. The second kappa shape index (κ2) is 5.77. The molecule has 1 atom stereocenters. The minimum atomic E-state index is -0.297. The van der Waals surface area contributed by atoms with Gasteiger partial charge in [-0.15, -0.1) is 0 Å². The van der Waals surface area contributed by atoms with Crippen LogP contribution in [0.3, 0.4) is 0 Å². The first kappa shape index (κ1) is 13.6. The van der Waals surface area contributed by atoms with Crippen LogP contribution in [0.15, 0.2) is 18.2 Å². The van der Waals surface area contributed by atoms with Gasteiger partial charge in [0.25, 0.3) is 5.91 Å². The second-order valence-electron chi connectivity index (χ2n) is 4.18. The largest absolute Gasteiger partial charge is 0.383 e. The zero-order valence-corrected chi connectivity index (χ0v) is 10.7. The molecule has 17 heavy (non-hydrogen) atoms. The zero-order valence-electron chi connectivity index (χ0n) is 10.7. The topological polar surface area (TPSA) is 29.5 Å². The Morgan fingerprint density at radius 1 is 1.53 bits per heavy atom. The minimum absolute atomic E-state index is 0.0159. The van der Waals surface area contributed by atoms with Crippen LogP contribution >= 0.6 is 0 Å². The first-order valence-electron chi connectivity index (χ1n) is 5.49. The number of methoxy groups -OCH3 is 1. The molecular formula is C13H18FNO2. The Kier molecular flexibility index (Phi) is 4.63. The van der Waals surface area contributed by atoms with E-state index in [2.05, 4.69) is 0 Å².